The summed E-state index contributed by atoms with van der Waals surface area (Å²) in [6.45, 7) is 2.71. The van der Waals surface area contributed by atoms with Crippen LogP contribution in [0.25, 0.3) is 0 Å². The Hall–Kier alpha value is -2.74. The smallest absolute Gasteiger partial charge is 0.315 e. The van der Waals surface area contributed by atoms with Crippen molar-refractivity contribution >= 4 is 17.6 Å². The number of hydrogen-bond donors (Lipinski definition) is 1. The standard InChI is InChI=1S/C17H21FN4O3/c1-12-9-15(20-25-12)19-16(23)17(24)22(8-7-21(2)3)11-13-5-4-6-14(18)10-13/h4-6,9-10H,7-8,11H2,1-3H3,(H,19,20,23). The van der Waals surface area contributed by atoms with E-state index in [4.69, 9.17) is 4.52 Å². The summed E-state index contributed by atoms with van der Waals surface area (Å²) < 4.78 is 18.2. The average molecular weight is 348 g/mol. The van der Waals surface area contributed by atoms with Crippen LogP contribution in [0.4, 0.5) is 10.2 Å². The van der Waals surface area contributed by atoms with Crippen LogP contribution in [-0.4, -0.2) is 54.0 Å². The van der Waals surface area contributed by atoms with E-state index in [1.807, 2.05) is 19.0 Å². The number of halogens is 1. The lowest BCUT2D eigenvalue weighted by Crippen LogP contribution is -2.42. The van der Waals surface area contributed by atoms with Crippen molar-refractivity contribution < 1.29 is 18.5 Å². The Balaban J connectivity index is 2.09. The van der Waals surface area contributed by atoms with E-state index < -0.39 is 11.8 Å². The van der Waals surface area contributed by atoms with E-state index in [2.05, 4.69) is 10.5 Å². The lowest BCUT2D eigenvalue weighted by Gasteiger charge is -2.23. The van der Waals surface area contributed by atoms with Gasteiger partial charge in [-0.3, -0.25) is 14.9 Å². The highest BCUT2D eigenvalue weighted by atomic mass is 19.1. The van der Waals surface area contributed by atoms with Crippen molar-refractivity contribution in [1.82, 2.24) is 15.0 Å². The molecule has 7 nitrogen and oxygen atoms in total. The van der Waals surface area contributed by atoms with Gasteiger partial charge in [-0.2, -0.15) is 0 Å². The number of carbonyl (C=O) groups excluding carboxylic acids is 2. The summed E-state index contributed by atoms with van der Waals surface area (Å²) in [6.07, 6.45) is 0. The molecule has 25 heavy (non-hydrogen) atoms. The monoisotopic (exact) mass is 348 g/mol. The van der Waals surface area contributed by atoms with Crippen molar-refractivity contribution in [3.05, 3.63) is 47.5 Å². The predicted octanol–water partition coefficient (Wildman–Crippen LogP) is 1.65. The normalized spacial score (nSPS) is 10.8. The van der Waals surface area contributed by atoms with Crippen molar-refractivity contribution in [2.45, 2.75) is 13.5 Å². The zero-order valence-electron chi connectivity index (χ0n) is 14.5. The van der Waals surface area contributed by atoms with Gasteiger partial charge in [-0.25, -0.2) is 4.39 Å². The molecule has 8 heteroatoms. The molecule has 0 fully saturated rings. The number of nitrogens with zero attached hydrogens (tertiary/aromatic N) is 3. The largest absolute Gasteiger partial charge is 0.360 e. The fraction of sp³-hybridized carbons (Fsp3) is 0.353. The van der Waals surface area contributed by atoms with Gasteiger partial charge in [0.15, 0.2) is 5.82 Å². The maximum absolute atomic E-state index is 13.4. The summed E-state index contributed by atoms with van der Waals surface area (Å²) in [4.78, 5) is 28.0. The first-order valence-corrected chi connectivity index (χ1v) is 7.78. The van der Waals surface area contributed by atoms with Crippen molar-refractivity contribution in [1.29, 1.82) is 0 Å². The molecule has 2 amide bonds. The van der Waals surface area contributed by atoms with Crippen LogP contribution in [0.15, 0.2) is 34.9 Å². The molecule has 0 spiro atoms. The molecule has 0 bridgehead atoms. The van der Waals surface area contributed by atoms with Gasteiger partial charge in [-0.1, -0.05) is 17.3 Å². The molecule has 134 valence electrons. The maximum Gasteiger partial charge on any atom is 0.315 e. The van der Waals surface area contributed by atoms with Crippen molar-refractivity contribution in [3.63, 3.8) is 0 Å². The first-order valence-electron chi connectivity index (χ1n) is 7.78. The van der Waals surface area contributed by atoms with Crippen LogP contribution in [0.1, 0.15) is 11.3 Å². The SMILES string of the molecule is Cc1cc(NC(=O)C(=O)N(CCN(C)C)Cc2cccc(F)c2)no1. The third kappa shape index (κ3) is 5.68. The fourth-order valence-corrected chi connectivity index (χ4v) is 2.17. The van der Waals surface area contributed by atoms with Crippen molar-refractivity contribution in [2.75, 3.05) is 32.5 Å². The van der Waals surface area contributed by atoms with Gasteiger partial charge in [0.2, 0.25) is 0 Å². The van der Waals surface area contributed by atoms with Crippen LogP contribution in [0, 0.1) is 12.7 Å². The number of aromatic nitrogens is 1. The molecule has 0 saturated carbocycles. The lowest BCUT2D eigenvalue weighted by molar-refractivity contribution is -0.143. The molecule has 2 rings (SSSR count). The molecule has 2 aromatic rings. The third-order valence-electron chi connectivity index (χ3n) is 3.43. The number of hydrogen-bond acceptors (Lipinski definition) is 5. The minimum absolute atomic E-state index is 0.135. The predicted molar refractivity (Wildman–Crippen MR) is 90.2 cm³/mol. The van der Waals surface area contributed by atoms with E-state index in [-0.39, 0.29) is 18.2 Å². The van der Waals surface area contributed by atoms with Gasteiger partial charge < -0.3 is 14.3 Å². The molecule has 0 radical (unpaired) electrons. The van der Waals surface area contributed by atoms with Gasteiger partial charge in [0.1, 0.15) is 11.6 Å². The van der Waals surface area contributed by atoms with Gasteiger partial charge in [0, 0.05) is 25.7 Å². The molecule has 1 N–H and O–H groups in total. The van der Waals surface area contributed by atoms with Crippen molar-refractivity contribution in [2.24, 2.45) is 0 Å². The summed E-state index contributed by atoms with van der Waals surface area (Å²) in [5.74, 6) is -1.23. The zero-order valence-corrected chi connectivity index (χ0v) is 14.5. The molecule has 0 aliphatic rings. The van der Waals surface area contributed by atoms with Crippen LogP contribution >= 0.6 is 0 Å². The van der Waals surface area contributed by atoms with Crippen molar-refractivity contribution in [3.8, 4) is 0 Å². The highest BCUT2D eigenvalue weighted by molar-refractivity contribution is 6.39. The minimum Gasteiger partial charge on any atom is -0.360 e. The van der Waals surface area contributed by atoms with E-state index in [1.165, 1.54) is 23.1 Å². The summed E-state index contributed by atoms with van der Waals surface area (Å²) in [5, 5.41) is 6.04. The molecule has 0 aliphatic heterocycles. The second-order valence-electron chi connectivity index (χ2n) is 5.94. The Morgan fingerprint density at radius 3 is 2.60 bits per heavy atom. The van der Waals surface area contributed by atoms with Crippen LogP contribution in [0.5, 0.6) is 0 Å². The number of rotatable bonds is 6. The number of anilines is 1. The second kappa shape index (κ2) is 8.39. The highest BCUT2D eigenvalue weighted by Crippen LogP contribution is 2.10. The number of aryl methyl sites for hydroxylation is 1. The Kier molecular flexibility index (Phi) is 6.24. The number of benzene rings is 1. The minimum atomic E-state index is -0.816. The molecule has 1 heterocycles. The lowest BCUT2D eigenvalue weighted by atomic mass is 10.2. The Bertz CT molecular complexity index is 745. The van der Waals surface area contributed by atoms with E-state index in [1.54, 1.807) is 19.1 Å². The van der Waals surface area contributed by atoms with Crippen LogP contribution in [0.3, 0.4) is 0 Å². The third-order valence-corrected chi connectivity index (χ3v) is 3.43. The van der Waals surface area contributed by atoms with Crippen LogP contribution < -0.4 is 5.32 Å². The first kappa shape index (κ1) is 18.6. The van der Waals surface area contributed by atoms with Crippen LogP contribution in [-0.2, 0) is 16.1 Å². The average Bonchev–Trinajstić information content (AvgIpc) is 2.95. The summed E-state index contributed by atoms with van der Waals surface area (Å²) in [7, 11) is 3.73. The Morgan fingerprint density at radius 1 is 1.24 bits per heavy atom. The second-order valence-corrected chi connectivity index (χ2v) is 5.94. The molecule has 0 aliphatic carbocycles. The summed E-state index contributed by atoms with van der Waals surface area (Å²) in [5.41, 5.74) is 0.609. The quantitative estimate of drug-likeness (QED) is 0.803. The molecule has 0 atom stereocenters. The number of nitrogens with one attached hydrogen (secondary N) is 1. The number of likely N-dealkylation sites (N-methyl/N-ethyl adjacent to an activating group) is 1. The molecule has 0 saturated heterocycles. The maximum atomic E-state index is 13.4. The van der Waals surface area contributed by atoms with E-state index in [0.29, 0.717) is 24.4 Å². The topological polar surface area (TPSA) is 78.7 Å². The van der Waals surface area contributed by atoms with Gasteiger partial charge in [0.05, 0.1) is 0 Å². The van der Waals surface area contributed by atoms with Gasteiger partial charge in [-0.15, -0.1) is 0 Å². The fourth-order valence-electron chi connectivity index (χ4n) is 2.17. The van der Waals surface area contributed by atoms with Gasteiger partial charge >= 0.3 is 11.8 Å². The van der Waals surface area contributed by atoms with Crippen LogP contribution in [0.2, 0.25) is 0 Å². The van der Waals surface area contributed by atoms with Gasteiger partial charge in [-0.05, 0) is 38.7 Å². The number of carbonyl (C=O) groups is 2. The van der Waals surface area contributed by atoms with E-state index in [9.17, 15) is 14.0 Å². The highest BCUT2D eigenvalue weighted by Gasteiger charge is 2.23. The molecular weight excluding hydrogens is 327 g/mol. The Morgan fingerprint density at radius 2 is 2.00 bits per heavy atom. The molecule has 0 unspecified atom stereocenters. The number of amides is 2. The van der Waals surface area contributed by atoms with E-state index >= 15 is 0 Å². The molecular formula is C17H21FN4O3. The zero-order chi connectivity index (χ0) is 18.4. The van der Waals surface area contributed by atoms with E-state index in [0.717, 1.165) is 0 Å². The Labute approximate surface area is 145 Å². The molecule has 1 aromatic carbocycles. The van der Waals surface area contributed by atoms with Gasteiger partial charge in [0.25, 0.3) is 0 Å². The molecule has 1 aromatic heterocycles. The summed E-state index contributed by atoms with van der Waals surface area (Å²) in [6, 6.07) is 7.46. The first-order chi connectivity index (χ1) is 11.8. The summed E-state index contributed by atoms with van der Waals surface area (Å²) >= 11 is 0.